The van der Waals surface area contributed by atoms with Gasteiger partial charge in [-0.2, -0.15) is 0 Å². The summed E-state index contributed by atoms with van der Waals surface area (Å²) in [4.78, 5) is 6.89. The summed E-state index contributed by atoms with van der Waals surface area (Å²) in [6.45, 7) is 3.24. The summed E-state index contributed by atoms with van der Waals surface area (Å²) in [7, 11) is -3.70. The zero-order valence-electron chi connectivity index (χ0n) is 17.8. The Labute approximate surface area is 205 Å². The van der Waals surface area contributed by atoms with Crippen LogP contribution in [0.25, 0.3) is 10.6 Å². The van der Waals surface area contributed by atoms with Crippen molar-refractivity contribution < 1.29 is 13.2 Å². The molecule has 0 saturated carbocycles. The number of nitrogens with two attached hydrogens (primary N) is 1. The molecule has 0 aliphatic carbocycles. The molecular formula is C23H22ClN3O3S3. The normalized spacial score (nSPS) is 12.3. The molecule has 0 aliphatic rings. The SMILES string of the molecule is CCOc1ccc(N=c2scc(-c3ccc(Cl)s3)n2CCc2ccc(S(N)(=O)=O)cc2)cc1. The van der Waals surface area contributed by atoms with E-state index in [9.17, 15) is 8.42 Å². The molecule has 4 rings (SSSR count). The van der Waals surface area contributed by atoms with Crippen LogP contribution in [0.1, 0.15) is 12.5 Å². The molecule has 0 bridgehead atoms. The summed E-state index contributed by atoms with van der Waals surface area (Å²) in [6, 6.07) is 18.2. The summed E-state index contributed by atoms with van der Waals surface area (Å²) >= 11 is 9.27. The highest BCUT2D eigenvalue weighted by atomic mass is 35.5. The smallest absolute Gasteiger partial charge is 0.238 e. The number of rotatable bonds is 8. The van der Waals surface area contributed by atoms with Gasteiger partial charge in [0.2, 0.25) is 10.0 Å². The van der Waals surface area contributed by atoms with E-state index in [0.29, 0.717) is 19.6 Å². The molecule has 0 amide bonds. The highest BCUT2D eigenvalue weighted by Gasteiger charge is 2.12. The fourth-order valence-corrected chi connectivity index (χ4v) is 5.87. The number of hydrogen-bond acceptors (Lipinski definition) is 6. The van der Waals surface area contributed by atoms with Gasteiger partial charge in [-0.25, -0.2) is 18.5 Å². The van der Waals surface area contributed by atoms with Crippen molar-refractivity contribution in [3.63, 3.8) is 0 Å². The van der Waals surface area contributed by atoms with Gasteiger partial charge in [0.05, 0.1) is 32.1 Å². The molecule has 0 unspecified atom stereocenters. The molecule has 0 aliphatic heterocycles. The number of aryl methyl sites for hydroxylation is 1. The third kappa shape index (κ3) is 5.93. The molecule has 10 heteroatoms. The molecule has 6 nitrogen and oxygen atoms in total. The Hall–Kier alpha value is -2.43. The van der Waals surface area contributed by atoms with E-state index in [2.05, 4.69) is 9.95 Å². The predicted octanol–water partition coefficient (Wildman–Crippen LogP) is 5.45. The quantitative estimate of drug-likeness (QED) is 0.335. The van der Waals surface area contributed by atoms with E-state index in [1.807, 2.05) is 43.3 Å². The van der Waals surface area contributed by atoms with Crippen molar-refractivity contribution in [2.24, 2.45) is 10.1 Å². The lowest BCUT2D eigenvalue weighted by Gasteiger charge is -2.09. The molecule has 0 fully saturated rings. The van der Waals surface area contributed by atoms with Crippen LogP contribution in [-0.2, 0) is 23.0 Å². The van der Waals surface area contributed by atoms with Gasteiger partial charge in [0.1, 0.15) is 5.75 Å². The number of primary sulfonamides is 1. The number of thiazole rings is 1. The van der Waals surface area contributed by atoms with Crippen LogP contribution in [0.4, 0.5) is 5.69 Å². The Bertz CT molecular complexity index is 1400. The first-order chi connectivity index (χ1) is 15.8. The van der Waals surface area contributed by atoms with Crippen molar-refractivity contribution in [3.8, 4) is 16.3 Å². The number of halogens is 1. The number of hydrogen-bond donors (Lipinski definition) is 1. The van der Waals surface area contributed by atoms with Crippen LogP contribution in [0.3, 0.4) is 0 Å². The largest absolute Gasteiger partial charge is 0.494 e. The Morgan fingerprint density at radius 1 is 1.06 bits per heavy atom. The number of thiophene rings is 1. The third-order valence-electron chi connectivity index (χ3n) is 4.87. The molecule has 2 aromatic carbocycles. The molecule has 0 saturated heterocycles. The first-order valence-corrected chi connectivity index (χ1v) is 13.8. The maximum atomic E-state index is 11.5. The Morgan fingerprint density at radius 2 is 1.79 bits per heavy atom. The summed E-state index contributed by atoms with van der Waals surface area (Å²) in [6.07, 6.45) is 0.699. The van der Waals surface area contributed by atoms with Gasteiger partial charge in [-0.05, 0) is 67.4 Å². The number of nitrogens with zero attached hydrogens (tertiary/aromatic N) is 2. The lowest BCUT2D eigenvalue weighted by Crippen LogP contribution is -2.17. The first-order valence-electron chi connectivity index (χ1n) is 10.2. The Morgan fingerprint density at radius 3 is 2.39 bits per heavy atom. The number of aromatic nitrogens is 1. The molecule has 2 aromatic heterocycles. The summed E-state index contributed by atoms with van der Waals surface area (Å²) in [5.41, 5.74) is 2.88. The van der Waals surface area contributed by atoms with Crippen LogP contribution in [0.5, 0.6) is 5.75 Å². The standard InChI is InChI=1S/C23H22ClN3O3S3/c1-2-30-18-7-5-17(6-8-18)26-23-27(20(15-31-23)21-11-12-22(24)32-21)14-13-16-3-9-19(10-4-16)33(25,28)29/h3-12,15H,2,13-14H2,1H3,(H2,25,28,29). The van der Waals surface area contributed by atoms with E-state index in [1.54, 1.807) is 23.5 Å². The minimum atomic E-state index is -3.70. The lowest BCUT2D eigenvalue weighted by molar-refractivity contribution is 0.340. The van der Waals surface area contributed by atoms with Crippen molar-refractivity contribution in [3.05, 3.63) is 80.7 Å². The molecule has 172 valence electrons. The fraction of sp³-hybridized carbons (Fsp3) is 0.174. The van der Waals surface area contributed by atoms with Crippen LogP contribution in [0.15, 0.2) is 75.9 Å². The van der Waals surface area contributed by atoms with Gasteiger partial charge in [0.15, 0.2) is 4.80 Å². The topological polar surface area (TPSA) is 86.7 Å². The summed E-state index contributed by atoms with van der Waals surface area (Å²) in [5.74, 6) is 0.812. The zero-order chi connectivity index (χ0) is 23.4. The number of ether oxygens (including phenoxy) is 1. The Balaban J connectivity index is 1.66. The predicted molar refractivity (Wildman–Crippen MR) is 135 cm³/mol. The molecule has 33 heavy (non-hydrogen) atoms. The van der Waals surface area contributed by atoms with Gasteiger partial charge >= 0.3 is 0 Å². The lowest BCUT2D eigenvalue weighted by atomic mass is 10.1. The van der Waals surface area contributed by atoms with E-state index in [4.69, 9.17) is 26.5 Å². The number of benzene rings is 2. The Kier molecular flexibility index (Phi) is 7.35. The number of sulfonamides is 1. The maximum absolute atomic E-state index is 11.5. The molecule has 0 radical (unpaired) electrons. The second kappa shape index (κ2) is 10.2. The van der Waals surface area contributed by atoms with E-state index in [-0.39, 0.29) is 4.90 Å². The summed E-state index contributed by atoms with van der Waals surface area (Å²) in [5, 5.41) is 7.29. The molecule has 0 spiro atoms. The molecule has 4 aromatic rings. The van der Waals surface area contributed by atoms with E-state index >= 15 is 0 Å². The minimum Gasteiger partial charge on any atom is -0.494 e. The van der Waals surface area contributed by atoms with Crippen LogP contribution in [-0.4, -0.2) is 19.6 Å². The second-order valence-electron chi connectivity index (χ2n) is 7.14. The van der Waals surface area contributed by atoms with Crippen LogP contribution >= 0.6 is 34.3 Å². The highest BCUT2D eigenvalue weighted by molar-refractivity contribution is 7.89. The van der Waals surface area contributed by atoms with Crippen LogP contribution in [0, 0.1) is 0 Å². The highest BCUT2D eigenvalue weighted by Crippen LogP contribution is 2.31. The van der Waals surface area contributed by atoms with Gasteiger partial charge in [-0.1, -0.05) is 23.7 Å². The van der Waals surface area contributed by atoms with Gasteiger partial charge in [-0.15, -0.1) is 22.7 Å². The van der Waals surface area contributed by atoms with Crippen LogP contribution < -0.4 is 14.7 Å². The van der Waals surface area contributed by atoms with E-state index in [0.717, 1.165) is 36.7 Å². The second-order valence-corrected chi connectivity index (χ2v) is 11.2. The minimum absolute atomic E-state index is 0.106. The molecule has 2 N–H and O–H groups in total. The van der Waals surface area contributed by atoms with Gasteiger partial charge in [0, 0.05) is 11.9 Å². The third-order valence-corrected chi connectivity index (χ3v) is 7.92. The molecular weight excluding hydrogens is 498 g/mol. The van der Waals surface area contributed by atoms with Gasteiger partial charge in [-0.3, -0.25) is 0 Å². The van der Waals surface area contributed by atoms with Crippen molar-refractivity contribution in [1.82, 2.24) is 4.57 Å². The summed E-state index contributed by atoms with van der Waals surface area (Å²) < 4.78 is 31.4. The monoisotopic (exact) mass is 519 g/mol. The average Bonchev–Trinajstić information content (AvgIpc) is 3.39. The van der Waals surface area contributed by atoms with Crippen molar-refractivity contribution in [2.45, 2.75) is 24.8 Å². The van der Waals surface area contributed by atoms with E-state index < -0.39 is 10.0 Å². The fourth-order valence-electron chi connectivity index (χ4n) is 3.27. The van der Waals surface area contributed by atoms with Crippen molar-refractivity contribution >= 4 is 50.0 Å². The molecule has 0 atom stereocenters. The van der Waals surface area contributed by atoms with Crippen molar-refractivity contribution in [1.29, 1.82) is 0 Å². The van der Waals surface area contributed by atoms with Crippen LogP contribution in [0.2, 0.25) is 4.34 Å². The average molecular weight is 520 g/mol. The zero-order valence-corrected chi connectivity index (χ0v) is 21.0. The van der Waals surface area contributed by atoms with Gasteiger partial charge in [0.25, 0.3) is 0 Å². The first kappa shape index (κ1) is 23.7. The van der Waals surface area contributed by atoms with E-state index in [1.165, 1.54) is 23.5 Å². The maximum Gasteiger partial charge on any atom is 0.238 e. The molecule has 2 heterocycles. The van der Waals surface area contributed by atoms with Crippen molar-refractivity contribution in [2.75, 3.05) is 6.61 Å². The van der Waals surface area contributed by atoms with Gasteiger partial charge < -0.3 is 9.30 Å².